The number of hydrogen-bond acceptors (Lipinski definition) is 7. The molecule has 0 aliphatic carbocycles. The minimum Gasteiger partial charge on any atom is -0.450 e. The predicted molar refractivity (Wildman–Crippen MR) is 134 cm³/mol. The Morgan fingerprint density at radius 3 is 1.81 bits per heavy atom. The third-order valence-corrected chi connectivity index (χ3v) is 10.2. The van der Waals surface area contributed by atoms with E-state index in [0.717, 1.165) is 8.61 Å². The molecule has 0 unspecified atom stereocenters. The Bertz CT molecular complexity index is 1310. The SMILES string of the molecule is CCOC(=O)N1CCN(C(=O)[C@H]2CN(S(=O)(=O)c3ccccc3)CCN2S(=O)(=O)c2ccccc2)CC1. The zero-order valence-corrected chi connectivity index (χ0v) is 22.1. The van der Waals surface area contributed by atoms with Gasteiger partial charge in [0.2, 0.25) is 26.0 Å². The van der Waals surface area contributed by atoms with Gasteiger partial charge < -0.3 is 14.5 Å². The van der Waals surface area contributed by atoms with Gasteiger partial charge in [0.05, 0.1) is 16.4 Å². The molecule has 0 bridgehead atoms. The summed E-state index contributed by atoms with van der Waals surface area (Å²) < 4.78 is 61.0. The maximum Gasteiger partial charge on any atom is 0.409 e. The van der Waals surface area contributed by atoms with Crippen molar-refractivity contribution in [3.8, 4) is 0 Å². The standard InChI is InChI=1S/C24H30N4O7S2/c1-2-35-24(30)26-15-13-25(14-16-26)23(29)22-19-27(36(31,32)20-9-5-3-6-10-20)17-18-28(22)37(33,34)21-11-7-4-8-12-21/h3-12,22H,2,13-19H2,1H3/t22-/m1/s1. The molecular weight excluding hydrogens is 520 g/mol. The van der Waals surface area contributed by atoms with Crippen LogP contribution in [-0.2, 0) is 29.6 Å². The summed E-state index contributed by atoms with van der Waals surface area (Å²) in [6, 6.07) is 14.4. The van der Waals surface area contributed by atoms with Gasteiger partial charge in [-0.1, -0.05) is 36.4 Å². The van der Waals surface area contributed by atoms with Crippen molar-refractivity contribution in [3.05, 3.63) is 60.7 Å². The summed E-state index contributed by atoms with van der Waals surface area (Å²) in [6.45, 7) is 2.17. The van der Waals surface area contributed by atoms with E-state index in [1.165, 1.54) is 34.1 Å². The van der Waals surface area contributed by atoms with E-state index in [9.17, 15) is 26.4 Å². The van der Waals surface area contributed by atoms with Crippen LogP contribution < -0.4 is 0 Å². The topological polar surface area (TPSA) is 125 Å². The number of nitrogens with zero attached hydrogens (tertiary/aromatic N) is 4. The van der Waals surface area contributed by atoms with Gasteiger partial charge in [-0.3, -0.25) is 4.79 Å². The average Bonchev–Trinajstić information content (AvgIpc) is 2.93. The van der Waals surface area contributed by atoms with Crippen LogP contribution in [0.2, 0.25) is 0 Å². The number of amides is 2. The van der Waals surface area contributed by atoms with Crippen molar-refractivity contribution in [2.24, 2.45) is 0 Å². The van der Waals surface area contributed by atoms with Crippen LogP contribution in [0.15, 0.2) is 70.5 Å². The van der Waals surface area contributed by atoms with Crippen molar-refractivity contribution in [2.45, 2.75) is 22.8 Å². The molecule has 2 heterocycles. The van der Waals surface area contributed by atoms with Crippen LogP contribution in [0.1, 0.15) is 6.92 Å². The second-order valence-corrected chi connectivity index (χ2v) is 12.5. The summed E-state index contributed by atoms with van der Waals surface area (Å²) in [5, 5.41) is 0. The second-order valence-electron chi connectivity index (χ2n) is 8.63. The molecule has 13 heteroatoms. The highest BCUT2D eigenvalue weighted by Crippen LogP contribution is 2.26. The molecule has 200 valence electrons. The third kappa shape index (κ3) is 5.64. The highest BCUT2D eigenvalue weighted by Gasteiger charge is 2.45. The first-order chi connectivity index (χ1) is 17.7. The normalized spacial score (nSPS) is 20.0. The molecule has 2 aliphatic rings. The van der Waals surface area contributed by atoms with Crippen molar-refractivity contribution in [2.75, 3.05) is 52.4 Å². The zero-order valence-electron chi connectivity index (χ0n) is 20.5. The van der Waals surface area contributed by atoms with E-state index in [0.29, 0.717) is 0 Å². The molecule has 0 aromatic heterocycles. The fraction of sp³-hybridized carbons (Fsp3) is 0.417. The summed E-state index contributed by atoms with van der Waals surface area (Å²) in [4.78, 5) is 28.8. The van der Waals surface area contributed by atoms with Gasteiger partial charge in [0, 0.05) is 45.8 Å². The van der Waals surface area contributed by atoms with E-state index in [1.807, 2.05) is 0 Å². The van der Waals surface area contributed by atoms with E-state index in [4.69, 9.17) is 4.74 Å². The molecule has 0 saturated carbocycles. The van der Waals surface area contributed by atoms with Gasteiger partial charge in [0.1, 0.15) is 6.04 Å². The van der Waals surface area contributed by atoms with Gasteiger partial charge in [-0.15, -0.1) is 0 Å². The van der Waals surface area contributed by atoms with Crippen LogP contribution in [-0.4, -0.2) is 106 Å². The van der Waals surface area contributed by atoms with Crippen LogP contribution in [0.3, 0.4) is 0 Å². The summed E-state index contributed by atoms with van der Waals surface area (Å²) >= 11 is 0. The summed E-state index contributed by atoms with van der Waals surface area (Å²) in [5.74, 6) is -0.504. The lowest BCUT2D eigenvalue weighted by Gasteiger charge is -2.42. The molecular formula is C24H30N4O7S2. The minimum atomic E-state index is -4.08. The molecule has 2 saturated heterocycles. The number of sulfonamides is 2. The summed E-state index contributed by atoms with van der Waals surface area (Å²) in [6.07, 6.45) is -0.472. The molecule has 2 aliphatic heterocycles. The Morgan fingerprint density at radius 1 is 0.757 bits per heavy atom. The highest BCUT2D eigenvalue weighted by atomic mass is 32.2. The number of benzene rings is 2. The Hall–Kier alpha value is -3.00. The summed E-state index contributed by atoms with van der Waals surface area (Å²) in [7, 11) is -8.03. The van der Waals surface area contributed by atoms with Crippen molar-refractivity contribution < 1.29 is 31.2 Å². The number of rotatable bonds is 6. The molecule has 0 spiro atoms. The minimum absolute atomic E-state index is 0.0271. The predicted octanol–water partition coefficient (Wildman–Crippen LogP) is 1.05. The van der Waals surface area contributed by atoms with E-state index >= 15 is 0 Å². The van der Waals surface area contributed by atoms with Gasteiger partial charge in [-0.05, 0) is 31.2 Å². The largest absolute Gasteiger partial charge is 0.450 e. The molecule has 37 heavy (non-hydrogen) atoms. The summed E-state index contributed by atoms with van der Waals surface area (Å²) in [5.41, 5.74) is 0. The van der Waals surface area contributed by atoms with Crippen LogP contribution in [0.25, 0.3) is 0 Å². The Balaban J connectivity index is 1.61. The van der Waals surface area contributed by atoms with Crippen molar-refractivity contribution in [1.29, 1.82) is 0 Å². The van der Waals surface area contributed by atoms with Crippen molar-refractivity contribution in [3.63, 3.8) is 0 Å². The van der Waals surface area contributed by atoms with Crippen LogP contribution >= 0.6 is 0 Å². The first kappa shape index (κ1) is 27.0. The number of carbonyl (C=O) groups is 2. The van der Waals surface area contributed by atoms with E-state index in [2.05, 4.69) is 0 Å². The van der Waals surface area contributed by atoms with E-state index < -0.39 is 38.1 Å². The van der Waals surface area contributed by atoms with Gasteiger partial charge in [0.15, 0.2) is 0 Å². The molecule has 2 fully saturated rings. The molecule has 1 atom stereocenters. The second kappa shape index (κ2) is 11.2. The number of hydrogen-bond donors (Lipinski definition) is 0. The van der Waals surface area contributed by atoms with E-state index in [1.54, 1.807) is 43.3 Å². The van der Waals surface area contributed by atoms with E-state index in [-0.39, 0.29) is 62.2 Å². The molecule has 11 nitrogen and oxygen atoms in total. The third-order valence-electron chi connectivity index (χ3n) is 6.43. The molecule has 2 aromatic carbocycles. The Morgan fingerprint density at radius 2 is 1.27 bits per heavy atom. The quantitative estimate of drug-likeness (QED) is 0.527. The van der Waals surface area contributed by atoms with Crippen LogP contribution in [0.5, 0.6) is 0 Å². The highest BCUT2D eigenvalue weighted by molar-refractivity contribution is 7.89. The molecule has 0 N–H and O–H groups in total. The lowest BCUT2D eigenvalue weighted by Crippen LogP contribution is -2.63. The van der Waals surface area contributed by atoms with Gasteiger partial charge >= 0.3 is 6.09 Å². The first-order valence-corrected chi connectivity index (χ1v) is 14.9. The van der Waals surface area contributed by atoms with Gasteiger partial charge in [-0.2, -0.15) is 8.61 Å². The fourth-order valence-electron chi connectivity index (χ4n) is 4.45. The van der Waals surface area contributed by atoms with Gasteiger partial charge in [0.25, 0.3) is 0 Å². The first-order valence-electron chi connectivity index (χ1n) is 12.0. The smallest absolute Gasteiger partial charge is 0.409 e. The lowest BCUT2D eigenvalue weighted by atomic mass is 10.2. The fourth-order valence-corrected chi connectivity index (χ4v) is 7.50. The Kier molecular flexibility index (Phi) is 8.17. The maximum atomic E-state index is 13.7. The van der Waals surface area contributed by atoms with Crippen LogP contribution in [0, 0.1) is 0 Å². The zero-order chi connectivity index (χ0) is 26.6. The lowest BCUT2D eigenvalue weighted by molar-refractivity contribution is -0.138. The van der Waals surface area contributed by atoms with Crippen molar-refractivity contribution in [1.82, 2.24) is 18.4 Å². The maximum absolute atomic E-state index is 13.7. The molecule has 0 radical (unpaired) electrons. The monoisotopic (exact) mass is 550 g/mol. The Labute approximate surface area is 217 Å². The average molecular weight is 551 g/mol. The number of carbonyl (C=O) groups excluding carboxylic acids is 2. The van der Waals surface area contributed by atoms with Gasteiger partial charge in [-0.25, -0.2) is 21.6 Å². The molecule has 2 aromatic rings. The molecule has 2 amide bonds. The van der Waals surface area contributed by atoms with Crippen LogP contribution in [0.4, 0.5) is 4.79 Å². The number of piperazine rings is 2. The molecule has 4 rings (SSSR count). The van der Waals surface area contributed by atoms with Crippen molar-refractivity contribution >= 4 is 32.0 Å². The number of ether oxygens (including phenoxy) is 1.